The van der Waals surface area contributed by atoms with Crippen LogP contribution in [0.2, 0.25) is 0 Å². The molecule has 0 atom stereocenters. The molecule has 2 saturated carbocycles. The lowest BCUT2D eigenvalue weighted by Gasteiger charge is -2.11. The van der Waals surface area contributed by atoms with E-state index < -0.39 is 0 Å². The van der Waals surface area contributed by atoms with Crippen molar-refractivity contribution < 1.29 is 0 Å². The minimum atomic E-state index is 0.750. The summed E-state index contributed by atoms with van der Waals surface area (Å²) >= 11 is 0. The Bertz CT molecular complexity index is 101. The maximum Gasteiger partial charge on any atom is 0.0239 e. The number of fused-ring (bicyclic) bond motifs is 1. The van der Waals surface area contributed by atoms with E-state index in [0.29, 0.717) is 0 Å². The van der Waals surface area contributed by atoms with Crippen LogP contribution >= 0.6 is 0 Å². The van der Waals surface area contributed by atoms with E-state index in [1.165, 1.54) is 12.8 Å². The van der Waals surface area contributed by atoms with Gasteiger partial charge in [-0.25, -0.2) is 0 Å². The van der Waals surface area contributed by atoms with Gasteiger partial charge in [-0.3, -0.25) is 0 Å². The first kappa shape index (κ1) is 3.90. The van der Waals surface area contributed by atoms with Gasteiger partial charge in [0, 0.05) is 5.54 Å². The summed E-state index contributed by atoms with van der Waals surface area (Å²) in [4.78, 5) is 2.37. The van der Waals surface area contributed by atoms with Gasteiger partial charge < -0.3 is 4.90 Å². The predicted octanol–water partition coefficient (Wildman–Crippen LogP) is 0.710. The molecular formula is C6H11N. The Labute approximate surface area is 44.3 Å². The lowest BCUT2D eigenvalue weighted by Crippen LogP contribution is -2.20. The second-order valence-electron chi connectivity index (χ2n) is 3.10. The first-order valence-corrected chi connectivity index (χ1v) is 2.93. The van der Waals surface area contributed by atoms with Crippen LogP contribution in [0.15, 0.2) is 0 Å². The van der Waals surface area contributed by atoms with Crippen molar-refractivity contribution in [2.75, 3.05) is 14.1 Å². The first-order chi connectivity index (χ1) is 3.26. The Morgan fingerprint density at radius 2 is 1.86 bits per heavy atom. The molecule has 0 aliphatic heterocycles. The third-order valence-corrected chi connectivity index (χ3v) is 2.53. The highest BCUT2D eigenvalue weighted by Gasteiger charge is 2.70. The first-order valence-electron chi connectivity index (χ1n) is 2.93. The van der Waals surface area contributed by atoms with Crippen LogP contribution < -0.4 is 0 Å². The Balaban J connectivity index is 2.08. The quantitative estimate of drug-likeness (QED) is 0.466. The van der Waals surface area contributed by atoms with E-state index in [9.17, 15) is 0 Å². The molecule has 0 heterocycles. The normalized spacial score (nSPS) is 54.4. The van der Waals surface area contributed by atoms with Crippen LogP contribution in [0.5, 0.6) is 0 Å². The molecule has 0 aromatic carbocycles. The maximum absolute atomic E-state index is 2.37. The summed E-state index contributed by atoms with van der Waals surface area (Å²) in [7, 11) is 4.38. The third-order valence-electron chi connectivity index (χ3n) is 2.53. The molecule has 0 aromatic heterocycles. The van der Waals surface area contributed by atoms with Gasteiger partial charge in [0.2, 0.25) is 0 Å². The molecule has 40 valence electrons. The SMILES string of the molecule is CN(C)C12CC1C2. The largest absolute Gasteiger partial charge is 0.303 e. The van der Waals surface area contributed by atoms with Gasteiger partial charge in [-0.05, 0) is 32.9 Å². The third kappa shape index (κ3) is 0.290. The van der Waals surface area contributed by atoms with E-state index in [4.69, 9.17) is 0 Å². The second-order valence-corrected chi connectivity index (χ2v) is 3.10. The Kier molecular flexibility index (Phi) is 0.419. The molecule has 0 saturated heterocycles. The molecule has 0 unspecified atom stereocenters. The zero-order valence-electron chi connectivity index (χ0n) is 4.94. The standard InChI is InChI=1S/C6H11N/c1-7(2)6-3-5(6)4-6/h5H,3-4H2,1-2H3. The van der Waals surface area contributed by atoms with Crippen molar-refractivity contribution in [2.24, 2.45) is 5.92 Å². The van der Waals surface area contributed by atoms with Crippen LogP contribution in [0.25, 0.3) is 0 Å². The highest BCUT2D eigenvalue weighted by atomic mass is 15.2. The summed E-state index contributed by atoms with van der Waals surface area (Å²) in [5, 5.41) is 0. The fraction of sp³-hybridized carbons (Fsp3) is 1.00. The molecule has 2 fully saturated rings. The van der Waals surface area contributed by atoms with E-state index in [0.717, 1.165) is 11.5 Å². The fourth-order valence-corrected chi connectivity index (χ4v) is 1.41. The van der Waals surface area contributed by atoms with Crippen molar-refractivity contribution >= 4 is 0 Å². The molecule has 2 rings (SSSR count). The monoisotopic (exact) mass is 97.1 g/mol. The lowest BCUT2D eigenvalue weighted by molar-refractivity contribution is 0.334. The van der Waals surface area contributed by atoms with Crippen LogP contribution in [0, 0.1) is 5.92 Å². The smallest absolute Gasteiger partial charge is 0.0239 e. The van der Waals surface area contributed by atoms with Gasteiger partial charge in [0.1, 0.15) is 0 Å². The van der Waals surface area contributed by atoms with Crippen LogP contribution in [0.1, 0.15) is 12.8 Å². The van der Waals surface area contributed by atoms with Crippen molar-refractivity contribution in [2.45, 2.75) is 18.4 Å². The molecule has 0 radical (unpaired) electrons. The van der Waals surface area contributed by atoms with Gasteiger partial charge in [-0.1, -0.05) is 0 Å². The molecule has 0 amide bonds. The molecule has 7 heavy (non-hydrogen) atoms. The number of nitrogens with zero attached hydrogens (tertiary/aromatic N) is 1. The van der Waals surface area contributed by atoms with Crippen molar-refractivity contribution in [1.29, 1.82) is 0 Å². The summed E-state index contributed by atoms with van der Waals surface area (Å²) in [6, 6.07) is 0. The van der Waals surface area contributed by atoms with Crippen molar-refractivity contribution in [3.63, 3.8) is 0 Å². The van der Waals surface area contributed by atoms with E-state index in [1.807, 2.05) is 0 Å². The number of rotatable bonds is 1. The number of hydrogen-bond donors (Lipinski definition) is 0. The van der Waals surface area contributed by atoms with Crippen LogP contribution in [-0.4, -0.2) is 24.5 Å². The lowest BCUT2D eigenvalue weighted by atomic mass is 10.3. The zero-order chi connectivity index (χ0) is 5.07. The molecule has 0 aromatic rings. The molecule has 2 aliphatic rings. The Morgan fingerprint density at radius 3 is 1.86 bits per heavy atom. The van der Waals surface area contributed by atoms with Crippen molar-refractivity contribution in [3.05, 3.63) is 0 Å². The van der Waals surface area contributed by atoms with Crippen molar-refractivity contribution in [1.82, 2.24) is 4.90 Å². The van der Waals surface area contributed by atoms with Gasteiger partial charge >= 0.3 is 0 Å². The topological polar surface area (TPSA) is 3.24 Å². The summed E-state index contributed by atoms with van der Waals surface area (Å²) in [5.41, 5.74) is 0.750. The minimum absolute atomic E-state index is 0.750. The number of hydrogen-bond acceptors (Lipinski definition) is 1. The van der Waals surface area contributed by atoms with E-state index in [-0.39, 0.29) is 0 Å². The van der Waals surface area contributed by atoms with Gasteiger partial charge in [0.15, 0.2) is 0 Å². The van der Waals surface area contributed by atoms with Crippen LogP contribution in [-0.2, 0) is 0 Å². The molecule has 0 spiro atoms. The van der Waals surface area contributed by atoms with Gasteiger partial charge in [0.05, 0.1) is 0 Å². The fourth-order valence-electron chi connectivity index (χ4n) is 1.41. The van der Waals surface area contributed by atoms with E-state index in [1.54, 1.807) is 0 Å². The van der Waals surface area contributed by atoms with E-state index in [2.05, 4.69) is 19.0 Å². The highest BCUT2D eigenvalue weighted by molar-refractivity contribution is 5.26. The van der Waals surface area contributed by atoms with Crippen molar-refractivity contribution in [3.8, 4) is 0 Å². The molecule has 1 heteroatoms. The predicted molar refractivity (Wildman–Crippen MR) is 29.1 cm³/mol. The van der Waals surface area contributed by atoms with Gasteiger partial charge in [-0.2, -0.15) is 0 Å². The summed E-state index contributed by atoms with van der Waals surface area (Å²) < 4.78 is 0. The maximum atomic E-state index is 2.37. The van der Waals surface area contributed by atoms with E-state index >= 15 is 0 Å². The van der Waals surface area contributed by atoms with Gasteiger partial charge in [0.25, 0.3) is 0 Å². The molecule has 0 bridgehead atoms. The average molecular weight is 97.2 g/mol. The molecule has 1 nitrogen and oxygen atoms in total. The van der Waals surface area contributed by atoms with Gasteiger partial charge in [-0.15, -0.1) is 0 Å². The summed E-state index contributed by atoms with van der Waals surface area (Å²) in [6.45, 7) is 0. The summed E-state index contributed by atoms with van der Waals surface area (Å²) in [5.74, 6) is 1.11. The highest BCUT2D eigenvalue weighted by Crippen LogP contribution is 2.69. The summed E-state index contributed by atoms with van der Waals surface area (Å²) in [6.07, 6.45) is 2.97. The second kappa shape index (κ2) is 0.752. The van der Waals surface area contributed by atoms with Crippen LogP contribution in [0.4, 0.5) is 0 Å². The zero-order valence-corrected chi connectivity index (χ0v) is 4.94. The Morgan fingerprint density at radius 1 is 1.43 bits per heavy atom. The average Bonchev–Trinajstić information content (AvgIpc) is 2.04. The molecular weight excluding hydrogens is 86.1 g/mol. The molecule has 2 aliphatic carbocycles. The minimum Gasteiger partial charge on any atom is -0.303 e. The van der Waals surface area contributed by atoms with Crippen LogP contribution in [0.3, 0.4) is 0 Å². The molecule has 0 N–H and O–H groups in total. The Hall–Kier alpha value is -0.0400.